The van der Waals surface area contributed by atoms with Gasteiger partial charge in [-0.15, -0.1) is 11.3 Å². The molecular weight excluding hydrogens is 368 g/mol. The van der Waals surface area contributed by atoms with E-state index in [2.05, 4.69) is 9.71 Å². The zero-order valence-corrected chi connectivity index (χ0v) is 16.0. The molecule has 0 unspecified atom stereocenters. The van der Waals surface area contributed by atoms with Gasteiger partial charge in [0.05, 0.1) is 11.4 Å². The normalized spacial score (nSPS) is 11.4. The molecule has 0 aliphatic carbocycles. The molecule has 26 heavy (non-hydrogen) atoms. The molecule has 0 fully saturated rings. The Kier molecular flexibility index (Phi) is 6.03. The van der Waals surface area contributed by atoms with Gasteiger partial charge in [-0.05, 0) is 19.1 Å². The molecule has 1 heterocycles. The molecule has 7 heteroatoms. The molecule has 1 N–H and O–H groups in total. The Morgan fingerprint density at radius 2 is 1.69 bits per heavy atom. The van der Waals surface area contributed by atoms with Crippen molar-refractivity contribution in [2.45, 2.75) is 13.5 Å². The van der Waals surface area contributed by atoms with Crippen LogP contribution in [0.1, 0.15) is 10.6 Å². The Labute approximate surface area is 157 Å². The second kappa shape index (κ2) is 8.44. The molecule has 0 aliphatic heterocycles. The number of hydrogen-bond acceptors (Lipinski definition) is 5. The van der Waals surface area contributed by atoms with Crippen LogP contribution in [-0.4, -0.2) is 25.8 Å². The highest BCUT2D eigenvalue weighted by atomic mass is 32.2. The van der Waals surface area contributed by atoms with E-state index in [1.165, 1.54) is 11.3 Å². The Morgan fingerprint density at radius 1 is 1.04 bits per heavy atom. The molecule has 0 atom stereocenters. The molecule has 3 rings (SSSR count). The number of thiazole rings is 1. The van der Waals surface area contributed by atoms with Gasteiger partial charge in [0.25, 0.3) is 0 Å². The second-order valence-electron chi connectivity index (χ2n) is 5.70. The van der Waals surface area contributed by atoms with E-state index < -0.39 is 10.0 Å². The number of rotatable bonds is 8. The Morgan fingerprint density at radius 3 is 2.38 bits per heavy atom. The van der Waals surface area contributed by atoms with Crippen LogP contribution in [0.5, 0.6) is 5.75 Å². The van der Waals surface area contributed by atoms with Gasteiger partial charge in [-0.3, -0.25) is 0 Å². The lowest BCUT2D eigenvalue weighted by atomic mass is 10.2. The van der Waals surface area contributed by atoms with E-state index in [0.717, 1.165) is 21.1 Å². The van der Waals surface area contributed by atoms with Crippen LogP contribution in [0.4, 0.5) is 0 Å². The van der Waals surface area contributed by atoms with Crippen LogP contribution in [0, 0.1) is 6.92 Å². The number of sulfonamides is 1. The van der Waals surface area contributed by atoms with E-state index in [0.29, 0.717) is 5.75 Å². The lowest BCUT2D eigenvalue weighted by Crippen LogP contribution is -2.28. The van der Waals surface area contributed by atoms with Gasteiger partial charge < -0.3 is 4.74 Å². The molecule has 0 saturated carbocycles. The molecule has 0 bridgehead atoms. The van der Waals surface area contributed by atoms with Gasteiger partial charge in [0.1, 0.15) is 17.4 Å². The minimum Gasteiger partial charge on any atom is -0.492 e. The summed E-state index contributed by atoms with van der Waals surface area (Å²) in [5, 5.41) is 0.893. The first kappa shape index (κ1) is 18.6. The first-order valence-corrected chi connectivity index (χ1v) is 10.7. The molecule has 2 aromatic carbocycles. The van der Waals surface area contributed by atoms with E-state index >= 15 is 0 Å². The summed E-state index contributed by atoms with van der Waals surface area (Å²) in [4.78, 5) is 5.46. The Bertz CT molecular complexity index is 939. The van der Waals surface area contributed by atoms with Crippen molar-refractivity contribution in [1.29, 1.82) is 0 Å². The number of hydrogen-bond donors (Lipinski definition) is 1. The van der Waals surface area contributed by atoms with Gasteiger partial charge >= 0.3 is 0 Å². The van der Waals surface area contributed by atoms with Crippen LogP contribution in [0.25, 0.3) is 10.6 Å². The minimum atomic E-state index is -3.42. The molecule has 0 aliphatic rings. The maximum Gasteiger partial charge on any atom is 0.215 e. The third kappa shape index (κ3) is 5.14. The standard InChI is InChI=1S/C19H20N2O3S2/c1-15-18(25-19(21-15)16-8-4-2-5-9-16)14-20-26(22,23)13-12-24-17-10-6-3-7-11-17/h2-11,20H,12-14H2,1H3. The molecule has 0 amide bonds. The lowest BCUT2D eigenvalue weighted by molar-refractivity contribution is 0.340. The summed E-state index contributed by atoms with van der Waals surface area (Å²) in [6.45, 7) is 2.24. The Hall–Kier alpha value is -2.22. The summed E-state index contributed by atoms with van der Waals surface area (Å²) >= 11 is 1.50. The van der Waals surface area contributed by atoms with E-state index in [1.807, 2.05) is 55.5 Å². The predicted octanol–water partition coefficient (Wildman–Crippen LogP) is 3.62. The first-order chi connectivity index (χ1) is 12.5. The smallest absolute Gasteiger partial charge is 0.215 e. The molecule has 1 aromatic heterocycles. The van der Waals surface area contributed by atoms with Gasteiger partial charge in [-0.1, -0.05) is 48.5 Å². The number of aryl methyl sites for hydroxylation is 1. The quantitative estimate of drug-likeness (QED) is 0.640. The molecule has 136 valence electrons. The van der Waals surface area contributed by atoms with Crippen molar-refractivity contribution in [3.05, 3.63) is 71.2 Å². The van der Waals surface area contributed by atoms with Crippen molar-refractivity contribution in [3.63, 3.8) is 0 Å². The van der Waals surface area contributed by atoms with Crippen molar-refractivity contribution < 1.29 is 13.2 Å². The second-order valence-corrected chi connectivity index (χ2v) is 8.71. The third-order valence-electron chi connectivity index (χ3n) is 3.73. The zero-order valence-electron chi connectivity index (χ0n) is 14.4. The average molecular weight is 389 g/mol. The topological polar surface area (TPSA) is 68.3 Å². The van der Waals surface area contributed by atoms with Gasteiger partial charge in [0, 0.05) is 17.0 Å². The highest BCUT2D eigenvalue weighted by molar-refractivity contribution is 7.89. The molecular formula is C19H20N2O3S2. The van der Waals surface area contributed by atoms with Crippen LogP contribution in [-0.2, 0) is 16.6 Å². The number of ether oxygens (including phenoxy) is 1. The molecule has 3 aromatic rings. The fraction of sp³-hybridized carbons (Fsp3) is 0.211. The van der Waals surface area contributed by atoms with Gasteiger partial charge in [-0.25, -0.2) is 18.1 Å². The van der Waals surface area contributed by atoms with Crippen LogP contribution < -0.4 is 9.46 Å². The highest BCUT2D eigenvalue weighted by Crippen LogP contribution is 2.27. The van der Waals surface area contributed by atoms with Crippen LogP contribution in [0.2, 0.25) is 0 Å². The monoisotopic (exact) mass is 388 g/mol. The number of para-hydroxylation sites is 1. The van der Waals surface area contributed by atoms with Gasteiger partial charge in [0.15, 0.2) is 0 Å². The van der Waals surface area contributed by atoms with Crippen molar-refractivity contribution in [3.8, 4) is 16.3 Å². The first-order valence-electron chi connectivity index (χ1n) is 8.20. The van der Waals surface area contributed by atoms with Crippen LogP contribution >= 0.6 is 11.3 Å². The number of nitrogens with one attached hydrogen (secondary N) is 1. The summed E-state index contributed by atoms with van der Waals surface area (Å²) in [6.07, 6.45) is 0. The summed E-state index contributed by atoms with van der Waals surface area (Å²) in [5.41, 5.74) is 1.88. The highest BCUT2D eigenvalue weighted by Gasteiger charge is 2.14. The van der Waals surface area contributed by atoms with Crippen LogP contribution in [0.15, 0.2) is 60.7 Å². The van der Waals surface area contributed by atoms with Crippen LogP contribution in [0.3, 0.4) is 0 Å². The number of benzene rings is 2. The Balaban J connectivity index is 1.55. The number of aromatic nitrogens is 1. The summed E-state index contributed by atoms with van der Waals surface area (Å²) in [7, 11) is -3.42. The number of nitrogens with zero attached hydrogens (tertiary/aromatic N) is 1. The van der Waals surface area contributed by atoms with Crippen molar-refractivity contribution >= 4 is 21.4 Å². The maximum atomic E-state index is 12.2. The third-order valence-corrected chi connectivity index (χ3v) is 6.22. The molecule has 0 radical (unpaired) electrons. The molecule has 0 saturated heterocycles. The fourth-order valence-electron chi connectivity index (χ4n) is 2.33. The molecule has 5 nitrogen and oxygen atoms in total. The van der Waals surface area contributed by atoms with Gasteiger partial charge in [0.2, 0.25) is 10.0 Å². The van der Waals surface area contributed by atoms with E-state index in [4.69, 9.17) is 4.74 Å². The average Bonchev–Trinajstić information content (AvgIpc) is 3.02. The molecule has 0 spiro atoms. The maximum absolute atomic E-state index is 12.2. The van der Waals surface area contributed by atoms with E-state index in [-0.39, 0.29) is 18.9 Å². The fourth-order valence-corrected chi connectivity index (χ4v) is 4.24. The van der Waals surface area contributed by atoms with E-state index in [1.54, 1.807) is 12.1 Å². The predicted molar refractivity (Wildman–Crippen MR) is 105 cm³/mol. The summed E-state index contributed by atoms with van der Waals surface area (Å²) in [6, 6.07) is 19.0. The van der Waals surface area contributed by atoms with Crippen molar-refractivity contribution in [2.75, 3.05) is 12.4 Å². The summed E-state index contributed by atoms with van der Waals surface area (Å²) in [5.74, 6) is 0.569. The van der Waals surface area contributed by atoms with Gasteiger partial charge in [-0.2, -0.15) is 0 Å². The van der Waals surface area contributed by atoms with Crippen molar-refractivity contribution in [2.24, 2.45) is 0 Å². The SMILES string of the molecule is Cc1nc(-c2ccccc2)sc1CNS(=O)(=O)CCOc1ccccc1. The van der Waals surface area contributed by atoms with E-state index in [9.17, 15) is 8.42 Å². The zero-order chi connectivity index (χ0) is 18.4. The lowest BCUT2D eigenvalue weighted by Gasteiger charge is -2.08. The minimum absolute atomic E-state index is 0.0920. The summed E-state index contributed by atoms with van der Waals surface area (Å²) < 4.78 is 32.4. The van der Waals surface area contributed by atoms with Crippen molar-refractivity contribution in [1.82, 2.24) is 9.71 Å². The largest absolute Gasteiger partial charge is 0.492 e.